The number of benzene rings is 3. The molecule has 0 radical (unpaired) electrons. The van der Waals surface area contributed by atoms with Crippen molar-refractivity contribution in [2.45, 2.75) is 38.5 Å². The topological polar surface area (TPSA) is 86.4 Å². The van der Waals surface area contributed by atoms with Gasteiger partial charge in [0.05, 0.1) is 19.3 Å². The van der Waals surface area contributed by atoms with Gasteiger partial charge in [0.15, 0.2) is 0 Å². The van der Waals surface area contributed by atoms with Gasteiger partial charge in [0, 0.05) is 30.1 Å². The number of aromatic amines is 1. The molecule has 0 saturated carbocycles. The zero-order valence-corrected chi connectivity index (χ0v) is 20.9. The van der Waals surface area contributed by atoms with E-state index < -0.39 is 29.7 Å². The lowest BCUT2D eigenvalue weighted by Gasteiger charge is -2.25. The van der Waals surface area contributed by atoms with Gasteiger partial charge < -0.3 is 25.5 Å². The number of amides is 1. The first-order chi connectivity index (χ1) is 17.8. The Morgan fingerprint density at radius 3 is 2.49 bits per heavy atom. The Morgan fingerprint density at radius 1 is 1.00 bits per heavy atom. The van der Waals surface area contributed by atoms with Crippen LogP contribution < -0.4 is 15.4 Å². The van der Waals surface area contributed by atoms with E-state index in [-0.39, 0.29) is 13.0 Å². The number of carbonyl (C=O) groups excluding carboxylic acids is 1. The van der Waals surface area contributed by atoms with E-state index in [1.807, 2.05) is 24.3 Å². The van der Waals surface area contributed by atoms with Crippen LogP contribution in [0, 0.1) is 11.6 Å². The van der Waals surface area contributed by atoms with Gasteiger partial charge in [-0.2, -0.15) is 0 Å². The fourth-order valence-electron chi connectivity index (χ4n) is 4.34. The van der Waals surface area contributed by atoms with Crippen molar-refractivity contribution in [1.82, 2.24) is 15.6 Å². The van der Waals surface area contributed by atoms with Gasteiger partial charge in [-0.15, -0.1) is 0 Å². The smallest absolute Gasteiger partial charge is 0.268 e. The molecule has 4 N–H and O–H groups in total. The van der Waals surface area contributed by atoms with Gasteiger partial charge >= 0.3 is 0 Å². The maximum absolute atomic E-state index is 13.8. The van der Waals surface area contributed by atoms with Crippen LogP contribution in [-0.4, -0.2) is 41.8 Å². The molecule has 0 aliphatic carbocycles. The van der Waals surface area contributed by atoms with Gasteiger partial charge in [-0.25, -0.2) is 8.78 Å². The molecule has 0 spiro atoms. The van der Waals surface area contributed by atoms with E-state index in [4.69, 9.17) is 4.74 Å². The van der Waals surface area contributed by atoms with Gasteiger partial charge in [-0.3, -0.25) is 4.79 Å². The highest BCUT2D eigenvalue weighted by atomic mass is 19.1. The van der Waals surface area contributed by atoms with E-state index in [0.29, 0.717) is 23.6 Å². The highest BCUT2D eigenvalue weighted by Gasteiger charge is 2.24. The first kappa shape index (κ1) is 26.3. The Morgan fingerprint density at radius 2 is 1.76 bits per heavy atom. The fourth-order valence-corrected chi connectivity index (χ4v) is 4.34. The minimum Gasteiger partial charge on any atom is -0.497 e. The van der Waals surface area contributed by atoms with Crippen molar-refractivity contribution in [2.24, 2.45) is 0 Å². The molecule has 2 unspecified atom stereocenters. The Hall–Kier alpha value is -3.75. The van der Waals surface area contributed by atoms with Crippen LogP contribution in [-0.2, 0) is 19.4 Å². The van der Waals surface area contributed by atoms with E-state index in [1.54, 1.807) is 19.2 Å². The molecule has 2 atom stereocenters. The Kier molecular flexibility index (Phi) is 8.53. The molecule has 0 saturated heterocycles. The van der Waals surface area contributed by atoms with Gasteiger partial charge in [0.25, 0.3) is 5.91 Å². The van der Waals surface area contributed by atoms with Crippen LogP contribution in [0.5, 0.6) is 5.75 Å². The molecule has 4 rings (SSSR count). The third-order valence-electron chi connectivity index (χ3n) is 6.31. The first-order valence-electron chi connectivity index (χ1n) is 12.2. The number of ether oxygens (including phenoxy) is 1. The number of hydrogen-bond acceptors (Lipinski definition) is 4. The maximum atomic E-state index is 13.8. The number of methoxy groups -OCH3 is 1. The average Bonchev–Trinajstić information content (AvgIpc) is 3.31. The Balaban J connectivity index is 1.49. The van der Waals surface area contributed by atoms with Gasteiger partial charge in [0.2, 0.25) is 0 Å². The minimum atomic E-state index is -1.02. The maximum Gasteiger partial charge on any atom is 0.268 e. The van der Waals surface area contributed by atoms with Crippen LogP contribution in [0.1, 0.15) is 34.1 Å². The molecule has 1 amide bonds. The number of rotatable bonds is 11. The second kappa shape index (κ2) is 12.0. The highest BCUT2D eigenvalue weighted by molar-refractivity contribution is 5.98. The number of carbonyl (C=O) groups is 1. The Labute approximate surface area is 214 Å². The molecule has 37 heavy (non-hydrogen) atoms. The summed E-state index contributed by atoms with van der Waals surface area (Å²) in [6.45, 7) is 2.79. The van der Waals surface area contributed by atoms with Crippen molar-refractivity contribution >= 4 is 16.8 Å². The number of nitrogens with one attached hydrogen (secondary N) is 3. The van der Waals surface area contributed by atoms with Crippen LogP contribution in [0.25, 0.3) is 10.9 Å². The summed E-state index contributed by atoms with van der Waals surface area (Å²) < 4.78 is 32.9. The normalized spacial score (nSPS) is 12.9. The van der Waals surface area contributed by atoms with Crippen molar-refractivity contribution in [3.05, 3.63) is 101 Å². The van der Waals surface area contributed by atoms with E-state index in [0.717, 1.165) is 29.0 Å². The molecular weight excluding hydrogens is 476 g/mol. The number of hydrogen-bond donors (Lipinski definition) is 4. The van der Waals surface area contributed by atoms with Crippen LogP contribution in [0.4, 0.5) is 8.78 Å². The Bertz CT molecular complexity index is 1350. The number of aryl methyl sites for hydroxylation is 1. The lowest BCUT2D eigenvalue weighted by molar-refractivity contribution is 0.0826. The van der Waals surface area contributed by atoms with Crippen LogP contribution in [0.15, 0.2) is 66.7 Å². The molecule has 0 aliphatic heterocycles. The van der Waals surface area contributed by atoms with Crippen molar-refractivity contribution < 1.29 is 23.4 Å². The fraction of sp³-hybridized carbons (Fsp3) is 0.276. The summed E-state index contributed by atoms with van der Waals surface area (Å²) >= 11 is 0. The largest absolute Gasteiger partial charge is 0.497 e. The summed E-state index contributed by atoms with van der Waals surface area (Å²) in [7, 11) is 1.57. The quantitative estimate of drug-likeness (QED) is 0.241. The van der Waals surface area contributed by atoms with E-state index in [2.05, 4.69) is 34.7 Å². The van der Waals surface area contributed by atoms with Gasteiger partial charge in [-0.1, -0.05) is 31.2 Å². The summed E-state index contributed by atoms with van der Waals surface area (Å²) in [5, 5.41) is 17.9. The molecule has 6 nitrogen and oxygen atoms in total. The predicted octanol–water partition coefficient (Wildman–Crippen LogP) is 4.51. The summed E-state index contributed by atoms with van der Waals surface area (Å²) in [4.78, 5) is 16.2. The highest BCUT2D eigenvalue weighted by Crippen LogP contribution is 2.22. The monoisotopic (exact) mass is 507 g/mol. The number of aromatic nitrogens is 1. The van der Waals surface area contributed by atoms with E-state index in [9.17, 15) is 18.7 Å². The summed E-state index contributed by atoms with van der Waals surface area (Å²) in [5.41, 5.74) is 3.68. The molecule has 4 aromatic rings. The number of aliphatic hydroxyl groups is 1. The zero-order valence-electron chi connectivity index (χ0n) is 20.9. The van der Waals surface area contributed by atoms with Crippen molar-refractivity contribution in [1.29, 1.82) is 0 Å². The lowest BCUT2D eigenvalue weighted by atomic mass is 10.00. The lowest BCUT2D eigenvalue weighted by Crippen LogP contribution is -2.48. The standard InChI is InChI=1S/C29H31F2N3O3/c1-3-18-5-4-6-19(9-18)16-32-17-28(35)26(12-20-10-22(30)15-23(31)11-20)34-29(36)27-14-21-13-24(37-2)7-8-25(21)33-27/h4-11,13-15,26,28,32-33,35H,3,12,16-17H2,1-2H3,(H,34,36). The summed E-state index contributed by atoms with van der Waals surface area (Å²) in [5.74, 6) is -1.21. The minimum absolute atomic E-state index is 0.0443. The summed E-state index contributed by atoms with van der Waals surface area (Å²) in [6.07, 6.45) is -0.0492. The van der Waals surface area contributed by atoms with E-state index in [1.165, 1.54) is 17.7 Å². The van der Waals surface area contributed by atoms with Crippen LogP contribution >= 0.6 is 0 Å². The SMILES string of the molecule is CCc1cccc(CNCC(O)C(Cc2cc(F)cc(F)c2)NC(=O)c2cc3cc(OC)ccc3[nH]2)c1. The van der Waals surface area contributed by atoms with Crippen molar-refractivity contribution in [2.75, 3.05) is 13.7 Å². The third kappa shape index (κ3) is 6.93. The molecule has 0 aliphatic rings. The van der Waals surface area contributed by atoms with Gasteiger partial charge in [0.1, 0.15) is 23.1 Å². The second-order valence-electron chi connectivity index (χ2n) is 9.07. The summed E-state index contributed by atoms with van der Waals surface area (Å²) in [6, 6.07) is 17.6. The number of halogens is 2. The molecular formula is C29H31F2N3O3. The molecule has 1 heterocycles. The van der Waals surface area contributed by atoms with Crippen molar-refractivity contribution in [3.63, 3.8) is 0 Å². The average molecular weight is 508 g/mol. The molecule has 0 bridgehead atoms. The molecule has 8 heteroatoms. The molecule has 1 aromatic heterocycles. The second-order valence-corrected chi connectivity index (χ2v) is 9.07. The number of H-pyrrole nitrogens is 1. The van der Waals surface area contributed by atoms with E-state index >= 15 is 0 Å². The van der Waals surface area contributed by atoms with Crippen LogP contribution in [0.2, 0.25) is 0 Å². The van der Waals surface area contributed by atoms with Crippen LogP contribution in [0.3, 0.4) is 0 Å². The molecule has 3 aromatic carbocycles. The molecule has 194 valence electrons. The number of fused-ring (bicyclic) bond motifs is 1. The molecule has 0 fully saturated rings. The zero-order chi connectivity index (χ0) is 26.4. The number of aliphatic hydroxyl groups excluding tert-OH is 1. The third-order valence-corrected chi connectivity index (χ3v) is 6.31. The predicted molar refractivity (Wildman–Crippen MR) is 140 cm³/mol. The van der Waals surface area contributed by atoms with Gasteiger partial charge in [-0.05, 0) is 65.9 Å². The first-order valence-corrected chi connectivity index (χ1v) is 12.2. The van der Waals surface area contributed by atoms with Crippen molar-refractivity contribution in [3.8, 4) is 5.75 Å².